The number of amides is 2. The standard InChI is InChI=1S/C33H38N2O5S/c1-23-10-14-28(15-11-23)35(33(3,4)31-9-6-20-40-31)32(37)26-7-5-8-29(21-26)34(24(2)36)27-16-18-30(19-17-27)41(38,39)22-25-12-13-25/h5,7-8,10-11,14-19,21,25,31H,6,9,12-13,20,22H2,1-4H3. The molecule has 1 saturated heterocycles. The van der Waals surface area contributed by atoms with Crippen molar-refractivity contribution >= 4 is 38.7 Å². The van der Waals surface area contributed by atoms with Gasteiger partial charge in [0.05, 0.1) is 22.3 Å². The predicted octanol–water partition coefficient (Wildman–Crippen LogP) is 6.47. The van der Waals surface area contributed by atoms with Gasteiger partial charge in [-0.15, -0.1) is 0 Å². The number of benzene rings is 3. The molecule has 0 bridgehead atoms. The minimum absolute atomic E-state index is 0.112. The second-order valence-electron chi connectivity index (χ2n) is 11.8. The van der Waals surface area contributed by atoms with Crippen molar-refractivity contribution in [3.05, 3.63) is 83.9 Å². The van der Waals surface area contributed by atoms with E-state index in [0.29, 0.717) is 23.5 Å². The number of sulfone groups is 1. The molecule has 2 aliphatic rings. The number of anilines is 3. The number of carbonyl (C=O) groups excluding carboxylic acids is 2. The molecule has 2 fully saturated rings. The third kappa shape index (κ3) is 6.23. The van der Waals surface area contributed by atoms with E-state index in [1.807, 2.05) is 45.0 Å². The minimum Gasteiger partial charge on any atom is -0.376 e. The zero-order valence-electron chi connectivity index (χ0n) is 24.2. The molecule has 1 atom stereocenters. The second-order valence-corrected chi connectivity index (χ2v) is 13.8. The van der Waals surface area contributed by atoms with Crippen LogP contribution in [0.25, 0.3) is 0 Å². The third-order valence-electron chi connectivity index (χ3n) is 8.06. The van der Waals surface area contributed by atoms with Gasteiger partial charge in [0.25, 0.3) is 5.91 Å². The zero-order valence-corrected chi connectivity index (χ0v) is 25.0. The van der Waals surface area contributed by atoms with Crippen LogP contribution in [0, 0.1) is 12.8 Å². The zero-order chi connectivity index (χ0) is 29.4. The average Bonchev–Trinajstić information content (AvgIpc) is 3.54. The predicted molar refractivity (Wildman–Crippen MR) is 162 cm³/mol. The van der Waals surface area contributed by atoms with Crippen molar-refractivity contribution in [2.75, 3.05) is 22.2 Å². The fourth-order valence-electron chi connectivity index (χ4n) is 5.60. The van der Waals surface area contributed by atoms with Crippen molar-refractivity contribution in [1.82, 2.24) is 0 Å². The number of rotatable bonds is 9. The molecule has 1 saturated carbocycles. The summed E-state index contributed by atoms with van der Waals surface area (Å²) in [7, 11) is -3.37. The summed E-state index contributed by atoms with van der Waals surface area (Å²) in [6.45, 7) is 8.20. The Balaban J connectivity index is 1.48. The van der Waals surface area contributed by atoms with Crippen LogP contribution < -0.4 is 9.80 Å². The molecule has 216 valence electrons. The van der Waals surface area contributed by atoms with Gasteiger partial charge in [0.2, 0.25) is 5.91 Å². The van der Waals surface area contributed by atoms with Crippen molar-refractivity contribution in [3.8, 4) is 0 Å². The van der Waals surface area contributed by atoms with E-state index < -0.39 is 15.4 Å². The normalized spacial score (nSPS) is 17.3. The van der Waals surface area contributed by atoms with Gasteiger partial charge in [0.1, 0.15) is 0 Å². The highest BCUT2D eigenvalue weighted by atomic mass is 32.2. The number of aryl methyl sites for hydroxylation is 1. The largest absolute Gasteiger partial charge is 0.376 e. The maximum atomic E-state index is 14.3. The maximum absolute atomic E-state index is 14.3. The molecule has 1 heterocycles. The van der Waals surface area contributed by atoms with Gasteiger partial charge in [-0.1, -0.05) is 23.8 Å². The Kier molecular flexibility index (Phi) is 8.08. The van der Waals surface area contributed by atoms with Crippen LogP contribution in [-0.2, 0) is 19.4 Å². The Morgan fingerprint density at radius 1 is 0.902 bits per heavy atom. The lowest BCUT2D eigenvalue weighted by Crippen LogP contribution is -2.55. The Labute approximate surface area is 243 Å². The van der Waals surface area contributed by atoms with E-state index in [2.05, 4.69) is 0 Å². The molecule has 0 aromatic heterocycles. The highest BCUT2D eigenvalue weighted by molar-refractivity contribution is 7.91. The molecular formula is C33H38N2O5S. The van der Waals surface area contributed by atoms with Gasteiger partial charge in [-0.25, -0.2) is 8.42 Å². The van der Waals surface area contributed by atoms with E-state index in [0.717, 1.165) is 36.9 Å². The quantitative estimate of drug-likeness (QED) is 0.293. The molecule has 3 aromatic carbocycles. The van der Waals surface area contributed by atoms with Gasteiger partial charge in [-0.2, -0.15) is 0 Å². The summed E-state index contributed by atoms with van der Waals surface area (Å²) in [5.74, 6) is -0.0371. The van der Waals surface area contributed by atoms with Crippen molar-refractivity contribution in [2.45, 2.75) is 69.9 Å². The summed E-state index contributed by atoms with van der Waals surface area (Å²) in [6.07, 6.45) is 3.62. The number of carbonyl (C=O) groups is 2. The Bertz CT molecular complexity index is 1520. The Morgan fingerprint density at radius 3 is 2.15 bits per heavy atom. The summed E-state index contributed by atoms with van der Waals surface area (Å²) >= 11 is 0. The van der Waals surface area contributed by atoms with Gasteiger partial charge in [0, 0.05) is 36.2 Å². The lowest BCUT2D eigenvalue weighted by molar-refractivity contribution is -0.115. The van der Waals surface area contributed by atoms with Gasteiger partial charge in [0.15, 0.2) is 9.84 Å². The molecular weight excluding hydrogens is 536 g/mol. The lowest BCUT2D eigenvalue weighted by atomic mass is 9.91. The monoisotopic (exact) mass is 574 g/mol. The third-order valence-corrected chi connectivity index (χ3v) is 9.96. The van der Waals surface area contributed by atoms with E-state index in [4.69, 9.17) is 4.74 Å². The van der Waals surface area contributed by atoms with Crippen LogP contribution >= 0.6 is 0 Å². The first kappa shape index (κ1) is 29.0. The van der Waals surface area contributed by atoms with E-state index in [1.165, 1.54) is 11.8 Å². The first-order chi connectivity index (χ1) is 19.5. The molecule has 5 rings (SSSR count). The molecule has 7 nitrogen and oxygen atoms in total. The van der Waals surface area contributed by atoms with Crippen molar-refractivity contribution < 1.29 is 22.7 Å². The van der Waals surface area contributed by atoms with Crippen LogP contribution in [0.2, 0.25) is 0 Å². The first-order valence-electron chi connectivity index (χ1n) is 14.2. The summed E-state index contributed by atoms with van der Waals surface area (Å²) < 4.78 is 31.5. The highest BCUT2D eigenvalue weighted by Crippen LogP contribution is 2.36. The minimum atomic E-state index is -3.37. The van der Waals surface area contributed by atoms with Gasteiger partial charge < -0.3 is 9.64 Å². The SMILES string of the molecule is CC(=O)N(c1ccc(S(=O)(=O)CC2CC2)cc1)c1cccc(C(=O)N(c2ccc(C)cc2)C(C)(C)C2CCCO2)c1. The molecule has 41 heavy (non-hydrogen) atoms. The molecule has 8 heteroatoms. The molecule has 0 N–H and O–H groups in total. The summed E-state index contributed by atoms with van der Waals surface area (Å²) in [4.78, 5) is 30.7. The van der Waals surface area contributed by atoms with E-state index in [9.17, 15) is 18.0 Å². The number of ether oxygens (including phenoxy) is 1. The topological polar surface area (TPSA) is 84.0 Å². The molecule has 1 unspecified atom stereocenters. The van der Waals surface area contributed by atoms with Crippen LogP contribution in [0.5, 0.6) is 0 Å². The van der Waals surface area contributed by atoms with E-state index >= 15 is 0 Å². The van der Waals surface area contributed by atoms with Crippen LogP contribution in [0.15, 0.2) is 77.7 Å². The number of hydrogen-bond donors (Lipinski definition) is 0. The van der Waals surface area contributed by atoms with Crippen LogP contribution in [-0.4, -0.2) is 44.2 Å². The smallest absolute Gasteiger partial charge is 0.258 e. The second kappa shape index (κ2) is 11.4. The molecule has 1 aliphatic heterocycles. The van der Waals surface area contributed by atoms with E-state index in [1.54, 1.807) is 53.4 Å². The van der Waals surface area contributed by atoms with Crippen LogP contribution in [0.1, 0.15) is 62.4 Å². The maximum Gasteiger partial charge on any atom is 0.258 e. The van der Waals surface area contributed by atoms with Crippen molar-refractivity contribution in [2.24, 2.45) is 5.92 Å². The molecule has 1 aliphatic carbocycles. The number of hydrogen-bond acceptors (Lipinski definition) is 5. The Morgan fingerprint density at radius 2 is 1.56 bits per heavy atom. The molecule has 2 amide bonds. The fraction of sp³-hybridized carbons (Fsp3) is 0.394. The van der Waals surface area contributed by atoms with Gasteiger partial charge in [-0.3, -0.25) is 14.5 Å². The average molecular weight is 575 g/mol. The molecule has 0 radical (unpaired) electrons. The van der Waals surface area contributed by atoms with Crippen LogP contribution in [0.4, 0.5) is 17.1 Å². The van der Waals surface area contributed by atoms with Crippen molar-refractivity contribution in [3.63, 3.8) is 0 Å². The van der Waals surface area contributed by atoms with Gasteiger partial charge >= 0.3 is 0 Å². The van der Waals surface area contributed by atoms with Crippen LogP contribution in [0.3, 0.4) is 0 Å². The lowest BCUT2D eigenvalue weighted by Gasteiger charge is -2.42. The fourth-order valence-corrected chi connectivity index (χ4v) is 7.29. The molecule has 0 spiro atoms. The Hall–Kier alpha value is -3.49. The highest BCUT2D eigenvalue weighted by Gasteiger charge is 2.42. The summed E-state index contributed by atoms with van der Waals surface area (Å²) in [6, 6.07) is 21.3. The first-order valence-corrected chi connectivity index (χ1v) is 15.9. The van der Waals surface area contributed by atoms with Crippen molar-refractivity contribution in [1.29, 1.82) is 0 Å². The van der Waals surface area contributed by atoms with E-state index in [-0.39, 0.29) is 34.5 Å². The molecule has 3 aromatic rings. The summed E-state index contributed by atoms with van der Waals surface area (Å²) in [5, 5.41) is 0. The number of nitrogens with zero attached hydrogens (tertiary/aromatic N) is 2. The summed E-state index contributed by atoms with van der Waals surface area (Å²) in [5.41, 5.74) is 2.74. The van der Waals surface area contributed by atoms with Gasteiger partial charge in [-0.05, 0) is 107 Å².